The average molecular weight is 277 g/mol. The highest BCUT2D eigenvalue weighted by Crippen LogP contribution is 2.30. The van der Waals surface area contributed by atoms with Crippen molar-refractivity contribution in [3.63, 3.8) is 0 Å². The third kappa shape index (κ3) is 3.05. The Labute approximate surface area is 121 Å². The van der Waals surface area contributed by atoms with Crippen LogP contribution in [0.4, 0.5) is 0 Å². The Hall–Kier alpha value is -0.910. The third-order valence-corrected chi connectivity index (χ3v) is 4.69. The molecule has 1 saturated carbocycles. The molecular formula is C15H27N5. The van der Waals surface area contributed by atoms with E-state index in [4.69, 9.17) is 5.73 Å². The molecule has 5 heteroatoms. The molecule has 112 valence electrons. The summed E-state index contributed by atoms with van der Waals surface area (Å²) in [7, 11) is 1.98. The van der Waals surface area contributed by atoms with Gasteiger partial charge in [-0.15, -0.1) is 0 Å². The molecule has 1 aliphatic heterocycles. The van der Waals surface area contributed by atoms with Crippen LogP contribution in [-0.2, 0) is 7.05 Å². The molecule has 0 bridgehead atoms. The molecule has 3 rings (SSSR count). The summed E-state index contributed by atoms with van der Waals surface area (Å²) in [5.41, 5.74) is 8.46. The molecule has 2 heterocycles. The second kappa shape index (κ2) is 5.84. The van der Waals surface area contributed by atoms with Gasteiger partial charge in [-0.25, -0.2) is 0 Å². The maximum atomic E-state index is 6.05. The fraction of sp³-hybridized carbons (Fsp3) is 0.800. The van der Waals surface area contributed by atoms with Crippen molar-refractivity contribution in [3.05, 3.63) is 17.5 Å². The molecule has 5 nitrogen and oxygen atoms in total. The topological polar surface area (TPSA) is 50.3 Å². The van der Waals surface area contributed by atoms with Gasteiger partial charge in [0.2, 0.25) is 0 Å². The SMILES string of the molecule is Cc1nn(C)cc1C(CN)N1CCN(CC2CC2)CC1. The van der Waals surface area contributed by atoms with Gasteiger partial charge in [-0.05, 0) is 25.7 Å². The quantitative estimate of drug-likeness (QED) is 0.863. The van der Waals surface area contributed by atoms with Crippen LogP contribution in [0.3, 0.4) is 0 Å². The van der Waals surface area contributed by atoms with Crippen molar-refractivity contribution in [2.45, 2.75) is 25.8 Å². The molecule has 1 unspecified atom stereocenters. The lowest BCUT2D eigenvalue weighted by atomic mass is 10.1. The van der Waals surface area contributed by atoms with E-state index in [9.17, 15) is 0 Å². The van der Waals surface area contributed by atoms with Gasteiger partial charge in [0.05, 0.1) is 11.7 Å². The fourth-order valence-corrected chi connectivity index (χ4v) is 3.34. The summed E-state index contributed by atoms with van der Waals surface area (Å²) in [5, 5.41) is 4.46. The Balaban J connectivity index is 1.61. The molecule has 1 aromatic rings. The van der Waals surface area contributed by atoms with Gasteiger partial charge >= 0.3 is 0 Å². The zero-order valence-electron chi connectivity index (χ0n) is 12.8. The van der Waals surface area contributed by atoms with Gasteiger partial charge in [0.25, 0.3) is 0 Å². The van der Waals surface area contributed by atoms with Gasteiger partial charge in [0, 0.05) is 58.1 Å². The van der Waals surface area contributed by atoms with Gasteiger partial charge in [-0.1, -0.05) is 0 Å². The highest BCUT2D eigenvalue weighted by atomic mass is 15.3. The maximum Gasteiger partial charge on any atom is 0.0641 e. The van der Waals surface area contributed by atoms with Gasteiger partial charge in [-0.2, -0.15) is 5.10 Å². The number of aromatic nitrogens is 2. The van der Waals surface area contributed by atoms with Crippen LogP contribution in [-0.4, -0.2) is 58.8 Å². The summed E-state index contributed by atoms with van der Waals surface area (Å²) in [6, 6.07) is 0.326. The largest absolute Gasteiger partial charge is 0.329 e. The van der Waals surface area contributed by atoms with Gasteiger partial charge in [-0.3, -0.25) is 9.58 Å². The van der Waals surface area contributed by atoms with Crippen molar-refractivity contribution in [3.8, 4) is 0 Å². The summed E-state index contributed by atoms with van der Waals surface area (Å²) in [6.45, 7) is 8.70. The molecule has 20 heavy (non-hydrogen) atoms. The molecule has 1 aliphatic carbocycles. The highest BCUT2D eigenvalue weighted by molar-refractivity contribution is 5.21. The molecule has 0 radical (unpaired) electrons. The summed E-state index contributed by atoms with van der Waals surface area (Å²) >= 11 is 0. The first-order valence-electron chi connectivity index (χ1n) is 7.84. The summed E-state index contributed by atoms with van der Waals surface area (Å²) in [6.07, 6.45) is 5.02. The van der Waals surface area contributed by atoms with E-state index < -0.39 is 0 Å². The molecular weight excluding hydrogens is 250 g/mol. The Kier molecular flexibility index (Phi) is 4.10. The first kappa shape index (κ1) is 14.0. The van der Waals surface area contributed by atoms with Crippen LogP contribution >= 0.6 is 0 Å². The van der Waals surface area contributed by atoms with Crippen LogP contribution in [0.5, 0.6) is 0 Å². The Morgan fingerprint density at radius 1 is 1.30 bits per heavy atom. The van der Waals surface area contributed by atoms with E-state index in [2.05, 4.69) is 28.0 Å². The van der Waals surface area contributed by atoms with Crippen LogP contribution in [0.2, 0.25) is 0 Å². The molecule has 1 saturated heterocycles. The van der Waals surface area contributed by atoms with E-state index in [-0.39, 0.29) is 0 Å². The first-order valence-corrected chi connectivity index (χ1v) is 7.84. The van der Waals surface area contributed by atoms with Gasteiger partial charge < -0.3 is 10.6 Å². The Morgan fingerprint density at radius 2 is 2.00 bits per heavy atom. The van der Waals surface area contributed by atoms with E-state index in [0.717, 1.165) is 24.7 Å². The van der Waals surface area contributed by atoms with E-state index in [1.54, 1.807) is 0 Å². The number of nitrogens with two attached hydrogens (primary N) is 1. The third-order valence-electron chi connectivity index (χ3n) is 4.69. The van der Waals surface area contributed by atoms with Crippen LogP contribution < -0.4 is 5.73 Å². The predicted molar refractivity (Wildman–Crippen MR) is 80.5 cm³/mol. The lowest BCUT2D eigenvalue weighted by molar-refractivity contribution is 0.0953. The Morgan fingerprint density at radius 3 is 2.50 bits per heavy atom. The summed E-state index contributed by atoms with van der Waals surface area (Å²) in [5.74, 6) is 0.993. The zero-order valence-corrected chi connectivity index (χ0v) is 12.8. The van der Waals surface area contributed by atoms with E-state index >= 15 is 0 Å². The predicted octanol–water partition coefficient (Wildman–Crippen LogP) is 0.756. The number of rotatable bonds is 5. The van der Waals surface area contributed by atoms with Crippen molar-refractivity contribution in [1.29, 1.82) is 0 Å². The second-order valence-corrected chi connectivity index (χ2v) is 6.37. The van der Waals surface area contributed by atoms with Crippen molar-refractivity contribution < 1.29 is 0 Å². The maximum absolute atomic E-state index is 6.05. The molecule has 0 amide bonds. The molecule has 2 N–H and O–H groups in total. The van der Waals surface area contributed by atoms with Crippen LogP contribution in [0, 0.1) is 12.8 Å². The summed E-state index contributed by atoms with van der Waals surface area (Å²) < 4.78 is 1.90. The molecule has 2 aliphatic rings. The number of piperazine rings is 1. The van der Waals surface area contributed by atoms with E-state index in [0.29, 0.717) is 12.6 Å². The normalized spacial score (nSPS) is 23.1. The van der Waals surface area contributed by atoms with Crippen LogP contribution in [0.25, 0.3) is 0 Å². The first-order chi connectivity index (χ1) is 9.67. The average Bonchev–Trinajstić information content (AvgIpc) is 3.18. The monoisotopic (exact) mass is 277 g/mol. The minimum atomic E-state index is 0.326. The van der Waals surface area contributed by atoms with E-state index in [1.165, 1.54) is 38.0 Å². The van der Waals surface area contributed by atoms with Crippen molar-refractivity contribution in [2.75, 3.05) is 39.3 Å². The van der Waals surface area contributed by atoms with E-state index in [1.807, 2.05) is 11.7 Å². The number of nitrogens with zero attached hydrogens (tertiary/aromatic N) is 4. The standard InChI is InChI=1S/C15H27N5/c1-12-14(11-18(2)17-12)15(9-16)20-7-5-19(6-8-20)10-13-3-4-13/h11,13,15H,3-10,16H2,1-2H3. The lowest BCUT2D eigenvalue weighted by Gasteiger charge is -2.39. The molecule has 1 aromatic heterocycles. The number of aryl methyl sites for hydroxylation is 2. The highest BCUT2D eigenvalue weighted by Gasteiger charge is 2.29. The van der Waals surface area contributed by atoms with Gasteiger partial charge in [0.1, 0.15) is 0 Å². The van der Waals surface area contributed by atoms with Crippen molar-refractivity contribution in [1.82, 2.24) is 19.6 Å². The van der Waals surface area contributed by atoms with Crippen molar-refractivity contribution in [2.24, 2.45) is 18.7 Å². The van der Waals surface area contributed by atoms with Crippen LogP contribution in [0.15, 0.2) is 6.20 Å². The smallest absolute Gasteiger partial charge is 0.0641 e. The van der Waals surface area contributed by atoms with Crippen molar-refractivity contribution >= 4 is 0 Å². The summed E-state index contributed by atoms with van der Waals surface area (Å²) in [4.78, 5) is 5.16. The fourth-order valence-electron chi connectivity index (χ4n) is 3.34. The second-order valence-electron chi connectivity index (χ2n) is 6.37. The number of hydrogen-bond donors (Lipinski definition) is 1. The molecule has 1 atom stereocenters. The zero-order chi connectivity index (χ0) is 14.1. The minimum absolute atomic E-state index is 0.326. The number of hydrogen-bond acceptors (Lipinski definition) is 4. The van der Waals surface area contributed by atoms with Crippen LogP contribution in [0.1, 0.15) is 30.1 Å². The van der Waals surface area contributed by atoms with Gasteiger partial charge in [0.15, 0.2) is 0 Å². The minimum Gasteiger partial charge on any atom is -0.329 e. The molecule has 0 aromatic carbocycles. The molecule has 0 spiro atoms. The Bertz CT molecular complexity index is 443. The lowest BCUT2D eigenvalue weighted by Crippen LogP contribution is -2.49. The molecule has 2 fully saturated rings.